The van der Waals surface area contributed by atoms with E-state index >= 15 is 0 Å². The van der Waals surface area contributed by atoms with Crippen LogP contribution in [0.4, 0.5) is 4.79 Å². The van der Waals surface area contributed by atoms with Crippen LogP contribution in [0.2, 0.25) is 0 Å². The summed E-state index contributed by atoms with van der Waals surface area (Å²) in [5, 5.41) is 16.1. The molecule has 2 atom stereocenters. The molecule has 2 aromatic carbocycles. The summed E-state index contributed by atoms with van der Waals surface area (Å²) in [7, 11) is 0. The Morgan fingerprint density at radius 3 is 2.18 bits per heavy atom. The fourth-order valence-corrected chi connectivity index (χ4v) is 4.71. The number of nitrogens with one attached hydrogen (secondary N) is 3. The first-order chi connectivity index (χ1) is 16.4. The molecule has 9 heteroatoms. The number of carboxylic acid groups (broad SMARTS) is 1. The summed E-state index contributed by atoms with van der Waals surface area (Å²) in [6.07, 6.45) is 1.15. The molecule has 1 saturated carbocycles. The van der Waals surface area contributed by atoms with Crippen molar-refractivity contribution < 1.29 is 29.0 Å². The fraction of sp³-hybridized carbons (Fsp3) is 0.360. The van der Waals surface area contributed by atoms with Crippen molar-refractivity contribution in [2.75, 3.05) is 19.7 Å². The van der Waals surface area contributed by atoms with Gasteiger partial charge in [0.05, 0.1) is 6.54 Å². The third kappa shape index (κ3) is 5.36. The molecule has 2 aromatic rings. The summed E-state index contributed by atoms with van der Waals surface area (Å²) in [5.74, 6) is -2.36. The lowest BCUT2D eigenvalue weighted by molar-refractivity contribution is -0.137. The van der Waals surface area contributed by atoms with Gasteiger partial charge in [0.1, 0.15) is 13.2 Å². The van der Waals surface area contributed by atoms with Gasteiger partial charge < -0.3 is 25.8 Å². The van der Waals surface area contributed by atoms with Crippen LogP contribution in [0.1, 0.15) is 36.3 Å². The van der Waals surface area contributed by atoms with Gasteiger partial charge in [0.2, 0.25) is 11.8 Å². The minimum atomic E-state index is -1.15. The SMILES string of the molecule is O=C(O)CNC(=O)CNC(=O)[C@H]1CC[C@@H](NC(=O)OCC2c3ccccc3-c3ccccc32)C1. The highest BCUT2D eigenvalue weighted by Crippen LogP contribution is 2.44. The lowest BCUT2D eigenvalue weighted by Gasteiger charge is -2.17. The van der Waals surface area contributed by atoms with Crippen molar-refractivity contribution in [2.45, 2.75) is 31.2 Å². The highest BCUT2D eigenvalue weighted by molar-refractivity contribution is 5.87. The normalized spacial score (nSPS) is 18.5. The number of carbonyl (C=O) groups is 4. The highest BCUT2D eigenvalue weighted by atomic mass is 16.5. The first-order valence-corrected chi connectivity index (χ1v) is 11.3. The number of benzene rings is 2. The van der Waals surface area contributed by atoms with Crippen LogP contribution in [0, 0.1) is 5.92 Å². The maximum atomic E-state index is 12.5. The van der Waals surface area contributed by atoms with Crippen molar-refractivity contribution in [2.24, 2.45) is 5.92 Å². The van der Waals surface area contributed by atoms with E-state index < -0.39 is 24.5 Å². The molecule has 1 fully saturated rings. The smallest absolute Gasteiger partial charge is 0.407 e. The molecule has 2 aliphatic rings. The van der Waals surface area contributed by atoms with Crippen molar-refractivity contribution in [3.63, 3.8) is 0 Å². The maximum absolute atomic E-state index is 12.5. The lowest BCUT2D eigenvalue weighted by atomic mass is 9.98. The summed E-state index contributed by atoms with van der Waals surface area (Å²) in [6.45, 7) is -0.556. The number of hydrogen-bond donors (Lipinski definition) is 4. The van der Waals surface area contributed by atoms with E-state index in [-0.39, 0.29) is 36.9 Å². The number of aliphatic carboxylic acids is 1. The second-order valence-electron chi connectivity index (χ2n) is 8.57. The van der Waals surface area contributed by atoms with Gasteiger partial charge in [-0.05, 0) is 41.5 Å². The standard InChI is InChI=1S/C25H27N3O6/c29-22(26-13-23(30)31)12-27-24(32)15-9-10-16(11-15)28-25(33)34-14-21-19-7-3-1-5-17(19)18-6-2-4-8-20(18)21/h1-8,15-16,21H,9-14H2,(H,26,29)(H,27,32)(H,28,33)(H,30,31)/t15-,16+/m0/s1. The minimum Gasteiger partial charge on any atom is -0.480 e. The number of rotatable bonds is 8. The molecule has 34 heavy (non-hydrogen) atoms. The Hall–Kier alpha value is -3.88. The Morgan fingerprint density at radius 2 is 1.53 bits per heavy atom. The monoisotopic (exact) mass is 465 g/mol. The van der Waals surface area contributed by atoms with E-state index in [9.17, 15) is 19.2 Å². The largest absolute Gasteiger partial charge is 0.480 e. The third-order valence-electron chi connectivity index (χ3n) is 6.33. The molecule has 0 unspecified atom stereocenters. The molecule has 4 rings (SSSR count). The van der Waals surface area contributed by atoms with Crippen molar-refractivity contribution in [1.29, 1.82) is 0 Å². The van der Waals surface area contributed by atoms with Crippen LogP contribution in [0.3, 0.4) is 0 Å². The molecule has 178 valence electrons. The number of amides is 3. The van der Waals surface area contributed by atoms with Crippen LogP contribution < -0.4 is 16.0 Å². The van der Waals surface area contributed by atoms with Gasteiger partial charge in [0.25, 0.3) is 0 Å². The zero-order valence-corrected chi connectivity index (χ0v) is 18.6. The van der Waals surface area contributed by atoms with Crippen LogP contribution in [-0.4, -0.2) is 54.7 Å². The molecule has 0 spiro atoms. The Morgan fingerprint density at radius 1 is 0.882 bits per heavy atom. The van der Waals surface area contributed by atoms with Crippen LogP contribution in [0.15, 0.2) is 48.5 Å². The molecule has 9 nitrogen and oxygen atoms in total. The van der Waals surface area contributed by atoms with Gasteiger partial charge in [-0.1, -0.05) is 48.5 Å². The average molecular weight is 466 g/mol. The van der Waals surface area contributed by atoms with Crippen LogP contribution >= 0.6 is 0 Å². The Bertz CT molecular complexity index is 1060. The number of ether oxygens (including phenoxy) is 1. The lowest BCUT2D eigenvalue weighted by Crippen LogP contribution is -2.41. The van der Waals surface area contributed by atoms with Gasteiger partial charge in [-0.15, -0.1) is 0 Å². The van der Waals surface area contributed by atoms with E-state index in [4.69, 9.17) is 9.84 Å². The van der Waals surface area contributed by atoms with E-state index in [2.05, 4.69) is 40.2 Å². The molecule has 3 amide bonds. The van der Waals surface area contributed by atoms with Gasteiger partial charge in [0.15, 0.2) is 0 Å². The molecule has 0 saturated heterocycles. The summed E-state index contributed by atoms with van der Waals surface area (Å²) >= 11 is 0. The van der Waals surface area contributed by atoms with Gasteiger partial charge >= 0.3 is 12.1 Å². The van der Waals surface area contributed by atoms with Crippen LogP contribution in [0.25, 0.3) is 11.1 Å². The van der Waals surface area contributed by atoms with E-state index in [1.807, 2.05) is 24.3 Å². The summed E-state index contributed by atoms with van der Waals surface area (Å²) in [4.78, 5) is 46.8. The van der Waals surface area contributed by atoms with Gasteiger partial charge in [-0.3, -0.25) is 14.4 Å². The Kier molecular flexibility index (Phi) is 7.10. The average Bonchev–Trinajstić information content (AvgIpc) is 3.42. The Labute approximate surface area is 196 Å². The summed E-state index contributed by atoms with van der Waals surface area (Å²) in [6, 6.07) is 16.1. The van der Waals surface area contributed by atoms with E-state index in [0.29, 0.717) is 19.3 Å². The zero-order chi connectivity index (χ0) is 24.1. The fourth-order valence-electron chi connectivity index (χ4n) is 4.71. The molecule has 0 radical (unpaired) electrons. The van der Waals surface area contributed by atoms with E-state index in [0.717, 1.165) is 22.3 Å². The van der Waals surface area contributed by atoms with Crippen molar-refractivity contribution in [3.8, 4) is 11.1 Å². The van der Waals surface area contributed by atoms with Crippen molar-refractivity contribution >= 4 is 23.9 Å². The molecule has 2 aliphatic carbocycles. The summed E-state index contributed by atoms with van der Waals surface area (Å²) < 4.78 is 5.57. The van der Waals surface area contributed by atoms with Gasteiger partial charge in [0, 0.05) is 17.9 Å². The Balaban J connectivity index is 1.23. The molecular weight excluding hydrogens is 438 g/mol. The first-order valence-electron chi connectivity index (χ1n) is 11.3. The van der Waals surface area contributed by atoms with Crippen LogP contribution in [-0.2, 0) is 19.1 Å². The molecule has 0 aromatic heterocycles. The predicted molar refractivity (Wildman–Crippen MR) is 123 cm³/mol. The second kappa shape index (κ2) is 10.4. The number of carbonyl (C=O) groups excluding carboxylic acids is 3. The number of carboxylic acids is 1. The maximum Gasteiger partial charge on any atom is 0.407 e. The molecule has 4 N–H and O–H groups in total. The third-order valence-corrected chi connectivity index (χ3v) is 6.33. The minimum absolute atomic E-state index is 0.0208. The van der Waals surface area contributed by atoms with Crippen molar-refractivity contribution in [3.05, 3.63) is 59.7 Å². The topological polar surface area (TPSA) is 134 Å². The number of fused-ring (bicyclic) bond motifs is 3. The van der Waals surface area contributed by atoms with Gasteiger partial charge in [-0.25, -0.2) is 4.79 Å². The summed E-state index contributed by atoms with van der Waals surface area (Å²) in [5.41, 5.74) is 4.60. The zero-order valence-electron chi connectivity index (χ0n) is 18.6. The van der Waals surface area contributed by atoms with Crippen LogP contribution in [0.5, 0.6) is 0 Å². The molecule has 0 heterocycles. The highest BCUT2D eigenvalue weighted by Gasteiger charge is 2.32. The van der Waals surface area contributed by atoms with E-state index in [1.165, 1.54) is 0 Å². The van der Waals surface area contributed by atoms with E-state index in [1.54, 1.807) is 0 Å². The number of alkyl carbamates (subject to hydrolysis) is 1. The predicted octanol–water partition coefficient (Wildman–Crippen LogP) is 2.01. The first kappa shape index (κ1) is 23.3. The second-order valence-corrected chi connectivity index (χ2v) is 8.57. The van der Waals surface area contributed by atoms with Gasteiger partial charge in [-0.2, -0.15) is 0 Å². The molecular formula is C25H27N3O6. The molecule has 0 aliphatic heterocycles. The van der Waals surface area contributed by atoms with Crippen molar-refractivity contribution in [1.82, 2.24) is 16.0 Å². The number of hydrogen-bond acceptors (Lipinski definition) is 5. The molecule has 0 bridgehead atoms. The quantitative estimate of drug-likeness (QED) is 0.471.